The van der Waals surface area contributed by atoms with Gasteiger partial charge >= 0.3 is 0 Å². The monoisotopic (exact) mass is 409 g/mol. The molecule has 1 unspecified atom stereocenters. The number of aromatic nitrogens is 1. The zero-order chi connectivity index (χ0) is 21.7. The van der Waals surface area contributed by atoms with E-state index in [0.29, 0.717) is 30.0 Å². The Morgan fingerprint density at radius 1 is 1.10 bits per heavy atom. The minimum absolute atomic E-state index is 0.00841. The Labute approximate surface area is 176 Å². The Hall–Kier alpha value is -3.19. The molecule has 0 spiro atoms. The number of likely N-dealkylation sites (tertiary alicyclic amines) is 1. The number of hydrogen-bond acceptors (Lipinski definition) is 5. The van der Waals surface area contributed by atoms with Crippen LogP contribution >= 0.6 is 0 Å². The topological polar surface area (TPSA) is 87.0 Å². The van der Waals surface area contributed by atoms with Gasteiger partial charge in [0.2, 0.25) is 5.78 Å². The summed E-state index contributed by atoms with van der Waals surface area (Å²) >= 11 is 0. The predicted molar refractivity (Wildman–Crippen MR) is 111 cm³/mol. The van der Waals surface area contributed by atoms with Crippen LogP contribution < -0.4 is 14.7 Å². The van der Waals surface area contributed by atoms with E-state index in [4.69, 9.17) is 4.74 Å². The van der Waals surface area contributed by atoms with Gasteiger partial charge in [0.05, 0.1) is 39.3 Å². The normalized spacial score (nSPS) is 18.3. The highest BCUT2D eigenvalue weighted by molar-refractivity contribution is 6.46. The number of benzene rings is 1. The molecule has 0 radical (unpaired) electrons. The second-order valence-electron chi connectivity index (χ2n) is 7.19. The number of carbonyl (C=O) groups is 2. The highest BCUT2D eigenvalue weighted by atomic mass is 16.5. The summed E-state index contributed by atoms with van der Waals surface area (Å²) in [5, 5.41) is 13.2. The number of quaternary nitrogens is 1. The van der Waals surface area contributed by atoms with Crippen molar-refractivity contribution in [2.45, 2.75) is 19.9 Å². The minimum atomic E-state index is -0.729. The number of nitrogens with one attached hydrogen (secondary N) is 1. The van der Waals surface area contributed by atoms with Crippen molar-refractivity contribution in [1.82, 2.24) is 9.88 Å². The lowest BCUT2D eigenvalue weighted by atomic mass is 9.95. The predicted octanol–water partition coefficient (Wildman–Crippen LogP) is 0.239. The Morgan fingerprint density at radius 3 is 2.30 bits per heavy atom. The molecule has 158 valence electrons. The van der Waals surface area contributed by atoms with Crippen LogP contribution in [0.5, 0.6) is 5.75 Å². The summed E-state index contributed by atoms with van der Waals surface area (Å²) in [4.78, 5) is 32.6. The van der Waals surface area contributed by atoms with E-state index in [2.05, 4.69) is 18.8 Å². The highest BCUT2D eigenvalue weighted by Crippen LogP contribution is 2.38. The molecule has 2 heterocycles. The Kier molecular flexibility index (Phi) is 6.84. The van der Waals surface area contributed by atoms with Gasteiger partial charge in [0.1, 0.15) is 5.75 Å². The van der Waals surface area contributed by atoms with Crippen molar-refractivity contribution in [1.29, 1.82) is 0 Å². The number of amides is 1. The summed E-state index contributed by atoms with van der Waals surface area (Å²) in [6.07, 6.45) is 3.00. The lowest BCUT2D eigenvalue weighted by molar-refractivity contribution is -0.895. The van der Waals surface area contributed by atoms with Crippen molar-refractivity contribution < 1.29 is 24.3 Å². The van der Waals surface area contributed by atoms with Gasteiger partial charge in [-0.1, -0.05) is 17.9 Å². The van der Waals surface area contributed by atoms with Gasteiger partial charge in [0.15, 0.2) is 0 Å². The fraction of sp³-hybridized carbons (Fsp3) is 0.348. The summed E-state index contributed by atoms with van der Waals surface area (Å²) in [6, 6.07) is 9.53. The summed E-state index contributed by atoms with van der Waals surface area (Å²) in [6.45, 7) is 7.11. The zero-order valence-corrected chi connectivity index (χ0v) is 17.6. The van der Waals surface area contributed by atoms with Crippen molar-refractivity contribution >= 4 is 17.4 Å². The molecule has 1 amide bonds. The van der Waals surface area contributed by atoms with Gasteiger partial charge in [-0.3, -0.25) is 14.6 Å². The Balaban J connectivity index is 2.07. The first-order valence-corrected chi connectivity index (χ1v) is 10.2. The second-order valence-corrected chi connectivity index (χ2v) is 7.19. The molecule has 1 atom stereocenters. The summed E-state index contributed by atoms with van der Waals surface area (Å²) in [7, 11) is 1.57. The van der Waals surface area contributed by atoms with Crippen LogP contribution in [0.2, 0.25) is 0 Å². The molecule has 7 nitrogen and oxygen atoms in total. The molecule has 1 N–H and O–H groups in total. The number of ketones is 1. The molecule has 0 bridgehead atoms. The average Bonchev–Trinajstić information content (AvgIpc) is 3.04. The van der Waals surface area contributed by atoms with E-state index < -0.39 is 23.5 Å². The molecule has 1 aliphatic rings. The number of methoxy groups -OCH3 is 1. The van der Waals surface area contributed by atoms with Crippen LogP contribution in [-0.4, -0.2) is 54.9 Å². The van der Waals surface area contributed by atoms with E-state index in [0.717, 1.165) is 13.1 Å². The first-order chi connectivity index (χ1) is 14.5. The maximum atomic E-state index is 13.2. The van der Waals surface area contributed by atoms with Gasteiger partial charge < -0.3 is 19.6 Å². The number of nitrogens with zero attached hydrogens (tertiary/aromatic N) is 2. The quantitative estimate of drug-likeness (QED) is 0.383. The molecule has 1 aliphatic heterocycles. The number of carbonyl (C=O) groups excluding carboxylic acids is 2. The second kappa shape index (κ2) is 9.54. The van der Waals surface area contributed by atoms with Gasteiger partial charge in [-0.05, 0) is 49.2 Å². The SMILES string of the molecule is CC[NH+](CC)CCN1C(=O)C(=O)/C(=C(/[O-])c2ccncc2)C1c1ccc(OC)cc1. The number of Topliss-reactive ketones (excluding diaryl/α,β-unsaturated/α-hetero) is 1. The third-order valence-electron chi connectivity index (χ3n) is 5.61. The molecule has 0 aliphatic carbocycles. The highest BCUT2D eigenvalue weighted by Gasteiger charge is 2.44. The molecule has 1 aromatic carbocycles. The van der Waals surface area contributed by atoms with Gasteiger partial charge in [-0.25, -0.2) is 0 Å². The standard InChI is InChI=1S/C23H27N3O4/c1-4-25(5-2)14-15-26-20(16-6-8-18(30-3)9-7-16)19(22(28)23(26)29)21(27)17-10-12-24-13-11-17/h6-13,20,27H,4-5,14-15H2,1-3H3/b21-19+. The smallest absolute Gasteiger partial charge is 0.295 e. The van der Waals surface area contributed by atoms with Crippen molar-refractivity contribution in [3.8, 4) is 5.75 Å². The van der Waals surface area contributed by atoms with E-state index in [-0.39, 0.29) is 5.57 Å². The van der Waals surface area contributed by atoms with E-state index in [9.17, 15) is 14.7 Å². The number of hydrogen-bond donors (Lipinski definition) is 1. The van der Waals surface area contributed by atoms with E-state index in [1.807, 2.05) is 0 Å². The molecule has 1 saturated heterocycles. The van der Waals surface area contributed by atoms with E-state index >= 15 is 0 Å². The van der Waals surface area contributed by atoms with Crippen LogP contribution in [0.1, 0.15) is 31.0 Å². The summed E-state index contributed by atoms with van der Waals surface area (Å²) < 4.78 is 5.22. The Morgan fingerprint density at radius 2 is 1.73 bits per heavy atom. The molecule has 0 saturated carbocycles. The molecule has 30 heavy (non-hydrogen) atoms. The number of rotatable bonds is 8. The van der Waals surface area contributed by atoms with Crippen molar-refractivity contribution in [3.63, 3.8) is 0 Å². The van der Waals surface area contributed by atoms with Crippen LogP contribution in [0.4, 0.5) is 0 Å². The molecular formula is C23H27N3O4. The van der Waals surface area contributed by atoms with Crippen molar-refractivity contribution in [2.75, 3.05) is 33.3 Å². The number of pyridine rings is 1. The van der Waals surface area contributed by atoms with Crippen molar-refractivity contribution in [2.24, 2.45) is 0 Å². The average molecular weight is 409 g/mol. The first-order valence-electron chi connectivity index (χ1n) is 10.2. The largest absolute Gasteiger partial charge is 0.872 e. The van der Waals surface area contributed by atoms with Crippen LogP contribution in [0.15, 0.2) is 54.4 Å². The zero-order valence-electron chi connectivity index (χ0n) is 17.6. The lowest BCUT2D eigenvalue weighted by Gasteiger charge is -2.28. The van der Waals surface area contributed by atoms with Crippen LogP contribution in [0, 0.1) is 0 Å². The molecule has 1 aromatic heterocycles. The third-order valence-corrected chi connectivity index (χ3v) is 5.61. The maximum Gasteiger partial charge on any atom is 0.295 e. The van der Waals surface area contributed by atoms with Gasteiger partial charge in [0.25, 0.3) is 5.91 Å². The van der Waals surface area contributed by atoms with Crippen LogP contribution in [0.3, 0.4) is 0 Å². The molecule has 3 rings (SSSR count). The molecule has 2 aromatic rings. The summed E-state index contributed by atoms with van der Waals surface area (Å²) in [5.41, 5.74) is 1.05. The van der Waals surface area contributed by atoms with Crippen LogP contribution in [-0.2, 0) is 9.59 Å². The fourth-order valence-electron chi connectivity index (χ4n) is 3.77. The van der Waals surface area contributed by atoms with E-state index in [1.54, 1.807) is 43.5 Å². The van der Waals surface area contributed by atoms with Crippen LogP contribution in [0.25, 0.3) is 5.76 Å². The summed E-state index contributed by atoms with van der Waals surface area (Å²) in [5.74, 6) is -1.13. The lowest BCUT2D eigenvalue weighted by Crippen LogP contribution is -3.12. The Bertz CT molecular complexity index is 921. The molecule has 1 fully saturated rings. The van der Waals surface area contributed by atoms with Gasteiger partial charge in [-0.2, -0.15) is 0 Å². The first kappa shape index (κ1) is 21.5. The third kappa shape index (κ3) is 4.21. The maximum absolute atomic E-state index is 13.2. The number of likely N-dealkylation sites (N-methyl/N-ethyl adjacent to an activating group) is 1. The fourth-order valence-corrected chi connectivity index (χ4v) is 3.77. The molecular weight excluding hydrogens is 382 g/mol. The number of ether oxygens (including phenoxy) is 1. The van der Waals surface area contributed by atoms with Gasteiger partial charge in [-0.15, -0.1) is 0 Å². The van der Waals surface area contributed by atoms with E-state index in [1.165, 1.54) is 22.2 Å². The minimum Gasteiger partial charge on any atom is -0.872 e. The molecule has 7 heteroatoms. The van der Waals surface area contributed by atoms with Gasteiger partial charge in [0, 0.05) is 18.0 Å². The van der Waals surface area contributed by atoms with Crippen molar-refractivity contribution in [3.05, 3.63) is 65.5 Å².